The smallest absolute Gasteiger partial charge is 0.230 e. The first kappa shape index (κ1) is 21.2. The van der Waals surface area contributed by atoms with Crippen LogP contribution in [0.15, 0.2) is 18.3 Å². The SMILES string of the molecule is C[C@H]1CCc2c(ccc(-c3ncc(C4CCCCCC4)[nH]3)c2OC2CCC2)N1C(=O)C1CC1.[HH]. The molecule has 0 radical (unpaired) electrons. The summed E-state index contributed by atoms with van der Waals surface area (Å²) >= 11 is 0. The monoisotopic (exact) mass is 449 g/mol. The Kier molecular flexibility index (Phi) is 5.67. The van der Waals surface area contributed by atoms with Crippen molar-refractivity contribution in [3.05, 3.63) is 29.6 Å². The van der Waals surface area contributed by atoms with E-state index in [9.17, 15) is 4.79 Å². The van der Waals surface area contributed by atoms with E-state index in [1.54, 1.807) is 0 Å². The molecule has 0 saturated heterocycles. The van der Waals surface area contributed by atoms with Gasteiger partial charge in [-0.25, -0.2) is 4.98 Å². The molecule has 33 heavy (non-hydrogen) atoms. The maximum absolute atomic E-state index is 13.2. The number of ether oxygens (including phenoxy) is 1. The first-order valence-corrected chi connectivity index (χ1v) is 13.4. The lowest BCUT2D eigenvalue weighted by Crippen LogP contribution is -2.43. The number of anilines is 1. The van der Waals surface area contributed by atoms with Crippen LogP contribution in [0.1, 0.15) is 103 Å². The summed E-state index contributed by atoms with van der Waals surface area (Å²) in [5.74, 6) is 3.01. The lowest BCUT2D eigenvalue weighted by molar-refractivity contribution is -0.120. The van der Waals surface area contributed by atoms with E-state index < -0.39 is 0 Å². The summed E-state index contributed by atoms with van der Waals surface area (Å²) in [6, 6.07) is 4.55. The molecule has 3 aliphatic carbocycles. The van der Waals surface area contributed by atoms with Crippen LogP contribution in [0.25, 0.3) is 11.4 Å². The second kappa shape index (κ2) is 8.81. The summed E-state index contributed by atoms with van der Waals surface area (Å²) in [6.45, 7) is 2.19. The van der Waals surface area contributed by atoms with Gasteiger partial charge in [-0.2, -0.15) is 0 Å². The van der Waals surface area contributed by atoms with Crippen LogP contribution in [0.2, 0.25) is 0 Å². The molecule has 6 rings (SSSR count). The van der Waals surface area contributed by atoms with Crippen molar-refractivity contribution in [1.82, 2.24) is 9.97 Å². The predicted octanol–water partition coefficient (Wildman–Crippen LogP) is 6.77. The van der Waals surface area contributed by atoms with Crippen molar-refractivity contribution in [2.75, 3.05) is 4.90 Å². The summed E-state index contributed by atoms with van der Waals surface area (Å²) < 4.78 is 6.65. The van der Waals surface area contributed by atoms with Crippen molar-refractivity contribution in [2.24, 2.45) is 5.92 Å². The number of carbonyl (C=O) groups excluding carboxylic acids is 1. The van der Waals surface area contributed by atoms with Gasteiger partial charge in [-0.05, 0) is 76.8 Å². The first-order valence-electron chi connectivity index (χ1n) is 13.4. The number of benzene rings is 1. The van der Waals surface area contributed by atoms with Gasteiger partial charge in [0.2, 0.25) is 5.91 Å². The van der Waals surface area contributed by atoms with Crippen molar-refractivity contribution >= 4 is 11.6 Å². The summed E-state index contributed by atoms with van der Waals surface area (Å²) in [5, 5.41) is 0. The van der Waals surface area contributed by atoms with E-state index in [4.69, 9.17) is 9.72 Å². The second-order valence-electron chi connectivity index (χ2n) is 10.9. The minimum Gasteiger partial charge on any atom is -0.489 e. The Balaban J connectivity index is 0.00000241. The maximum atomic E-state index is 13.2. The van der Waals surface area contributed by atoms with Crippen LogP contribution in [0.5, 0.6) is 5.75 Å². The molecule has 0 spiro atoms. The molecule has 1 atom stereocenters. The van der Waals surface area contributed by atoms with E-state index in [-0.39, 0.29) is 13.4 Å². The number of hydrogen-bond acceptors (Lipinski definition) is 3. The normalized spacial score (nSPS) is 24.2. The van der Waals surface area contributed by atoms with E-state index in [2.05, 4.69) is 35.1 Å². The molecule has 1 aliphatic heterocycles. The number of nitrogens with zero attached hydrogens (tertiary/aromatic N) is 2. The van der Waals surface area contributed by atoms with Crippen LogP contribution < -0.4 is 9.64 Å². The fourth-order valence-electron chi connectivity index (χ4n) is 5.91. The fraction of sp³-hybridized carbons (Fsp3) is 0.643. The molecule has 5 nitrogen and oxygen atoms in total. The number of imidazole rings is 1. The van der Waals surface area contributed by atoms with Crippen LogP contribution in [0, 0.1) is 5.92 Å². The predicted molar refractivity (Wildman–Crippen MR) is 133 cm³/mol. The number of amides is 1. The zero-order chi connectivity index (χ0) is 22.4. The van der Waals surface area contributed by atoms with E-state index in [0.717, 1.165) is 61.3 Å². The molecule has 2 heterocycles. The van der Waals surface area contributed by atoms with Gasteiger partial charge in [0.1, 0.15) is 11.6 Å². The van der Waals surface area contributed by atoms with E-state index in [1.807, 2.05) is 0 Å². The van der Waals surface area contributed by atoms with Crippen LogP contribution in [-0.2, 0) is 11.2 Å². The zero-order valence-electron chi connectivity index (χ0n) is 19.9. The van der Waals surface area contributed by atoms with E-state index in [0.29, 0.717) is 17.9 Å². The van der Waals surface area contributed by atoms with Gasteiger partial charge in [0.15, 0.2) is 0 Å². The number of hydrogen-bond donors (Lipinski definition) is 1. The molecule has 2 aromatic rings. The van der Waals surface area contributed by atoms with Crippen molar-refractivity contribution in [2.45, 2.75) is 108 Å². The number of carbonyl (C=O) groups is 1. The number of rotatable bonds is 5. The third kappa shape index (κ3) is 4.08. The van der Waals surface area contributed by atoms with Crippen LogP contribution in [-0.4, -0.2) is 28.0 Å². The fourth-order valence-corrected chi connectivity index (χ4v) is 5.91. The number of nitrogens with one attached hydrogen (secondary N) is 1. The molecule has 0 bridgehead atoms. The maximum Gasteiger partial charge on any atom is 0.230 e. The highest BCUT2D eigenvalue weighted by molar-refractivity contribution is 5.99. The van der Waals surface area contributed by atoms with E-state index >= 15 is 0 Å². The molecule has 1 N–H and O–H groups in total. The Hall–Kier alpha value is -2.30. The van der Waals surface area contributed by atoms with Gasteiger partial charge in [-0.1, -0.05) is 25.7 Å². The lowest BCUT2D eigenvalue weighted by Gasteiger charge is -2.38. The highest BCUT2D eigenvalue weighted by Crippen LogP contribution is 2.46. The minimum absolute atomic E-state index is 0. The zero-order valence-corrected chi connectivity index (χ0v) is 19.9. The topological polar surface area (TPSA) is 58.2 Å². The highest BCUT2D eigenvalue weighted by atomic mass is 16.5. The average Bonchev–Trinajstić information content (AvgIpc) is 3.58. The number of H-pyrrole nitrogens is 1. The minimum atomic E-state index is 0. The van der Waals surface area contributed by atoms with Crippen LogP contribution in [0.3, 0.4) is 0 Å². The standard InChI is InChI=1S/C28H37N3O2.H2/c1-18-11-14-22-25(31(18)28(32)20-12-13-20)16-15-23(26(22)33-21-9-6-10-21)27-29-17-24(30-27)19-7-4-2-3-5-8-19;/h15-21H,2-14H2,1H3,(H,29,30);1H/t18-;/m0./s1. The molecule has 1 aromatic carbocycles. The van der Waals surface area contributed by atoms with Gasteiger partial charge in [0.05, 0.1) is 17.4 Å². The van der Waals surface area contributed by atoms with Crippen molar-refractivity contribution in [3.63, 3.8) is 0 Å². The van der Waals surface area contributed by atoms with Gasteiger partial charge in [-0.3, -0.25) is 4.79 Å². The van der Waals surface area contributed by atoms with Gasteiger partial charge < -0.3 is 14.6 Å². The van der Waals surface area contributed by atoms with Crippen molar-refractivity contribution < 1.29 is 11.0 Å². The Morgan fingerprint density at radius 1 is 1.03 bits per heavy atom. The van der Waals surface area contributed by atoms with Gasteiger partial charge in [0, 0.05) is 36.8 Å². The quantitative estimate of drug-likeness (QED) is 0.513. The van der Waals surface area contributed by atoms with Crippen LogP contribution in [0.4, 0.5) is 5.69 Å². The first-order chi connectivity index (χ1) is 16.2. The molecule has 5 heteroatoms. The van der Waals surface area contributed by atoms with Gasteiger partial charge in [0.25, 0.3) is 0 Å². The highest BCUT2D eigenvalue weighted by Gasteiger charge is 2.39. The van der Waals surface area contributed by atoms with Crippen molar-refractivity contribution in [3.8, 4) is 17.1 Å². The number of aromatic amines is 1. The summed E-state index contributed by atoms with van der Waals surface area (Å²) in [4.78, 5) is 23.8. The molecule has 3 fully saturated rings. The molecule has 1 amide bonds. The largest absolute Gasteiger partial charge is 0.489 e. The second-order valence-corrected chi connectivity index (χ2v) is 10.9. The summed E-state index contributed by atoms with van der Waals surface area (Å²) in [5.41, 5.74) is 4.62. The van der Waals surface area contributed by atoms with E-state index in [1.165, 1.54) is 56.2 Å². The van der Waals surface area contributed by atoms with Crippen LogP contribution >= 0.6 is 0 Å². The Labute approximate surface area is 198 Å². The molecule has 0 unspecified atom stereocenters. The molecule has 3 saturated carbocycles. The lowest BCUT2D eigenvalue weighted by atomic mass is 9.91. The van der Waals surface area contributed by atoms with Gasteiger partial charge in [-0.15, -0.1) is 0 Å². The molecular formula is C28H39N3O2. The van der Waals surface area contributed by atoms with Crippen molar-refractivity contribution in [1.29, 1.82) is 0 Å². The van der Waals surface area contributed by atoms with Gasteiger partial charge >= 0.3 is 0 Å². The molecule has 1 aromatic heterocycles. The molecule has 4 aliphatic rings. The average molecular weight is 450 g/mol. The number of fused-ring (bicyclic) bond motifs is 1. The Morgan fingerprint density at radius 2 is 1.82 bits per heavy atom. The summed E-state index contributed by atoms with van der Waals surface area (Å²) in [7, 11) is 0. The third-order valence-electron chi connectivity index (χ3n) is 8.39. The molecule has 178 valence electrons. The number of aromatic nitrogens is 2. The Morgan fingerprint density at radius 3 is 2.52 bits per heavy atom. The Bertz CT molecular complexity index is 1020. The molecular weight excluding hydrogens is 410 g/mol. The third-order valence-corrected chi connectivity index (χ3v) is 8.39. The summed E-state index contributed by atoms with van der Waals surface area (Å²) in [6.07, 6.45) is 17.7.